The predicted molar refractivity (Wildman–Crippen MR) is 80.8 cm³/mol. The van der Waals surface area contributed by atoms with Crippen molar-refractivity contribution < 1.29 is 4.43 Å². The van der Waals surface area contributed by atoms with Crippen LogP contribution in [0.25, 0.3) is 0 Å². The highest BCUT2D eigenvalue weighted by Crippen LogP contribution is 2.18. The molecule has 0 aliphatic rings. The minimum absolute atomic E-state index is 0.141. The number of nitrogens with zero attached hydrogens (tertiary/aromatic N) is 2. The maximum atomic E-state index is 6.47. The van der Waals surface area contributed by atoms with Crippen molar-refractivity contribution in [3.8, 4) is 0 Å². The van der Waals surface area contributed by atoms with Gasteiger partial charge in [0.2, 0.25) is 8.32 Å². The Balaban J connectivity index is 2.32. The van der Waals surface area contributed by atoms with Gasteiger partial charge in [-0.2, -0.15) is 0 Å². The first-order valence-corrected chi connectivity index (χ1v) is 9.22. The first kappa shape index (κ1) is 14.0. The fourth-order valence-electron chi connectivity index (χ4n) is 2.38. The zero-order chi connectivity index (χ0) is 13.9. The van der Waals surface area contributed by atoms with Crippen molar-refractivity contribution in [1.82, 2.24) is 9.55 Å². The molecule has 0 radical (unpaired) electrons. The molecule has 0 saturated heterocycles. The van der Waals surface area contributed by atoms with E-state index in [4.69, 9.17) is 4.43 Å². The normalized spacial score (nSPS) is 15.2. The number of aromatic nitrogens is 2. The molecule has 4 heteroatoms. The Bertz CT molecular complexity index is 505. The monoisotopic (exact) mass is 274 g/mol. The molecule has 19 heavy (non-hydrogen) atoms. The maximum absolute atomic E-state index is 6.47. The van der Waals surface area contributed by atoms with Crippen molar-refractivity contribution in [2.24, 2.45) is 0 Å². The summed E-state index contributed by atoms with van der Waals surface area (Å²) in [4.78, 5) is 4.13. The summed E-state index contributed by atoms with van der Waals surface area (Å²) in [5.41, 5.74) is -0.141. The van der Waals surface area contributed by atoms with Crippen molar-refractivity contribution in [2.75, 3.05) is 0 Å². The third-order valence-corrected chi connectivity index (χ3v) is 6.55. The van der Waals surface area contributed by atoms with Crippen molar-refractivity contribution in [3.05, 3.63) is 49.1 Å². The van der Waals surface area contributed by atoms with Gasteiger partial charge in [0.25, 0.3) is 0 Å². The van der Waals surface area contributed by atoms with E-state index in [1.807, 2.05) is 24.8 Å². The van der Waals surface area contributed by atoms with Gasteiger partial charge in [0.05, 0.1) is 6.33 Å². The molecule has 1 aromatic heterocycles. The van der Waals surface area contributed by atoms with Crippen LogP contribution in [-0.2, 0) is 10.6 Å². The second-order valence-electron chi connectivity index (χ2n) is 6.05. The standard InChI is InChI=1S/C15H22N2OSi/c1-15(2,3)18-19(4,13-17-11-10-16-12-17)14-8-6-5-7-9-14/h5-12H,13H2,1-4H3. The van der Waals surface area contributed by atoms with Gasteiger partial charge in [-0.05, 0) is 32.5 Å². The van der Waals surface area contributed by atoms with E-state index in [2.05, 4.69) is 61.1 Å². The highest BCUT2D eigenvalue weighted by molar-refractivity contribution is 6.84. The summed E-state index contributed by atoms with van der Waals surface area (Å²) in [5, 5.41) is 1.32. The van der Waals surface area contributed by atoms with Crippen LogP contribution in [0, 0.1) is 0 Å². The van der Waals surface area contributed by atoms with Gasteiger partial charge in [-0.3, -0.25) is 0 Å². The van der Waals surface area contributed by atoms with Crippen LogP contribution in [-0.4, -0.2) is 23.5 Å². The van der Waals surface area contributed by atoms with Gasteiger partial charge in [-0.15, -0.1) is 0 Å². The Morgan fingerprint density at radius 2 is 1.89 bits per heavy atom. The van der Waals surface area contributed by atoms with Gasteiger partial charge in [-0.25, -0.2) is 4.98 Å². The number of imidazole rings is 1. The molecule has 0 spiro atoms. The lowest BCUT2D eigenvalue weighted by Crippen LogP contribution is -2.55. The number of rotatable bonds is 4. The van der Waals surface area contributed by atoms with Crippen LogP contribution in [0.3, 0.4) is 0 Å². The SMILES string of the molecule is CC(C)(C)O[Si](C)(Cn1ccnc1)c1ccccc1. The number of hydrogen-bond acceptors (Lipinski definition) is 2. The summed E-state index contributed by atoms with van der Waals surface area (Å²) in [6.07, 6.45) is 6.56. The molecule has 0 saturated carbocycles. The highest BCUT2D eigenvalue weighted by atomic mass is 28.4. The predicted octanol–water partition coefficient (Wildman–Crippen LogP) is 2.72. The van der Waals surface area contributed by atoms with Gasteiger partial charge >= 0.3 is 0 Å². The van der Waals surface area contributed by atoms with Gasteiger partial charge in [0.1, 0.15) is 0 Å². The van der Waals surface area contributed by atoms with E-state index < -0.39 is 8.32 Å². The molecule has 1 aromatic carbocycles. The maximum Gasteiger partial charge on any atom is 0.241 e. The van der Waals surface area contributed by atoms with E-state index in [1.54, 1.807) is 0 Å². The molecule has 0 fully saturated rings. The summed E-state index contributed by atoms with van der Waals surface area (Å²) in [5.74, 6) is 0. The molecule has 0 N–H and O–H groups in total. The molecule has 1 unspecified atom stereocenters. The molecule has 3 nitrogen and oxygen atoms in total. The second-order valence-corrected chi connectivity index (χ2v) is 9.61. The quantitative estimate of drug-likeness (QED) is 0.802. The summed E-state index contributed by atoms with van der Waals surface area (Å²) < 4.78 is 8.59. The zero-order valence-corrected chi connectivity index (χ0v) is 13.1. The Labute approximate surface area is 116 Å². The van der Waals surface area contributed by atoms with Crippen LogP contribution in [0.4, 0.5) is 0 Å². The van der Waals surface area contributed by atoms with E-state index in [9.17, 15) is 0 Å². The summed E-state index contributed by atoms with van der Waals surface area (Å²) >= 11 is 0. The number of hydrogen-bond donors (Lipinski definition) is 0. The van der Waals surface area contributed by atoms with Crippen molar-refractivity contribution in [1.29, 1.82) is 0 Å². The van der Waals surface area contributed by atoms with E-state index in [0.717, 1.165) is 6.17 Å². The molecule has 0 bridgehead atoms. The Morgan fingerprint density at radius 3 is 2.42 bits per heavy atom. The van der Waals surface area contributed by atoms with Crippen molar-refractivity contribution >= 4 is 13.5 Å². The first-order valence-electron chi connectivity index (χ1n) is 6.60. The van der Waals surface area contributed by atoms with Crippen LogP contribution in [0.5, 0.6) is 0 Å². The largest absolute Gasteiger partial charge is 0.406 e. The molecular formula is C15H22N2OSi. The topological polar surface area (TPSA) is 27.1 Å². The van der Waals surface area contributed by atoms with Crippen LogP contribution >= 0.6 is 0 Å². The molecule has 0 aliphatic carbocycles. The Hall–Kier alpha value is -1.39. The third-order valence-electron chi connectivity index (χ3n) is 2.96. The minimum Gasteiger partial charge on any atom is -0.406 e. The van der Waals surface area contributed by atoms with Crippen LogP contribution in [0.1, 0.15) is 20.8 Å². The third kappa shape index (κ3) is 3.78. The van der Waals surface area contributed by atoms with Gasteiger partial charge in [-0.1, -0.05) is 30.3 Å². The molecule has 0 amide bonds. The Kier molecular flexibility index (Phi) is 3.92. The lowest BCUT2D eigenvalue weighted by Gasteiger charge is -2.35. The fraction of sp³-hybridized carbons (Fsp3) is 0.400. The molecule has 2 aromatic rings. The van der Waals surface area contributed by atoms with Crippen molar-refractivity contribution in [2.45, 2.75) is 39.1 Å². The molecule has 2 rings (SSSR count). The summed E-state index contributed by atoms with van der Waals surface area (Å²) in [6, 6.07) is 10.6. The average molecular weight is 274 g/mol. The summed E-state index contributed by atoms with van der Waals surface area (Å²) in [7, 11) is -2.04. The lowest BCUT2D eigenvalue weighted by molar-refractivity contribution is 0.120. The zero-order valence-electron chi connectivity index (χ0n) is 12.1. The first-order chi connectivity index (χ1) is 8.89. The average Bonchev–Trinajstić information content (AvgIpc) is 2.80. The van der Waals surface area contributed by atoms with E-state index in [1.165, 1.54) is 5.19 Å². The molecule has 102 valence electrons. The number of benzene rings is 1. The van der Waals surface area contributed by atoms with E-state index in [-0.39, 0.29) is 5.60 Å². The second kappa shape index (κ2) is 5.31. The molecule has 1 atom stereocenters. The minimum atomic E-state index is -2.04. The fourth-order valence-corrected chi connectivity index (χ4v) is 5.88. The van der Waals surface area contributed by atoms with Crippen LogP contribution < -0.4 is 5.19 Å². The van der Waals surface area contributed by atoms with Gasteiger partial charge in [0, 0.05) is 24.2 Å². The molecule has 1 heterocycles. The van der Waals surface area contributed by atoms with E-state index >= 15 is 0 Å². The van der Waals surface area contributed by atoms with E-state index in [0.29, 0.717) is 0 Å². The van der Waals surface area contributed by atoms with Crippen LogP contribution in [0.15, 0.2) is 49.1 Å². The van der Waals surface area contributed by atoms with Gasteiger partial charge in [0.15, 0.2) is 0 Å². The molecule has 0 aliphatic heterocycles. The van der Waals surface area contributed by atoms with Crippen LogP contribution in [0.2, 0.25) is 6.55 Å². The summed E-state index contributed by atoms with van der Waals surface area (Å²) in [6.45, 7) is 8.63. The molecular weight excluding hydrogens is 252 g/mol. The lowest BCUT2D eigenvalue weighted by atomic mass is 10.2. The Morgan fingerprint density at radius 1 is 1.21 bits per heavy atom. The van der Waals surface area contributed by atoms with Crippen molar-refractivity contribution in [3.63, 3.8) is 0 Å². The smallest absolute Gasteiger partial charge is 0.241 e. The highest BCUT2D eigenvalue weighted by Gasteiger charge is 2.36. The van der Waals surface area contributed by atoms with Gasteiger partial charge < -0.3 is 8.99 Å².